The molecule has 0 aliphatic heterocycles. The van der Waals surface area contributed by atoms with E-state index >= 15 is 0 Å². The van der Waals surface area contributed by atoms with E-state index < -0.39 is 11.9 Å². The molecule has 0 unspecified atom stereocenters. The number of carbonyl (C=O) groups is 3. The number of nitrogen functional groups attached to an aromatic ring is 1. The second-order valence-corrected chi connectivity index (χ2v) is 6.35. The fourth-order valence-corrected chi connectivity index (χ4v) is 2.52. The highest BCUT2D eigenvalue weighted by atomic mass is 35.5. The van der Waals surface area contributed by atoms with Crippen LogP contribution in [-0.2, 0) is 20.8 Å². The zero-order valence-corrected chi connectivity index (χ0v) is 16.1. The molecule has 0 saturated carbocycles. The van der Waals surface area contributed by atoms with Crippen molar-refractivity contribution in [1.82, 2.24) is 5.32 Å². The van der Waals surface area contributed by atoms with E-state index in [2.05, 4.69) is 10.1 Å². The summed E-state index contributed by atoms with van der Waals surface area (Å²) in [5, 5.41) is 3.44. The number of esters is 2. The van der Waals surface area contributed by atoms with E-state index in [1.165, 1.54) is 7.11 Å². The van der Waals surface area contributed by atoms with Gasteiger partial charge in [-0.15, -0.1) is 0 Å². The van der Waals surface area contributed by atoms with Crippen LogP contribution in [0.25, 0.3) is 0 Å². The molecule has 28 heavy (non-hydrogen) atoms. The summed E-state index contributed by atoms with van der Waals surface area (Å²) in [6.45, 7) is 0.203. The molecule has 0 bridgehead atoms. The zero-order chi connectivity index (χ0) is 20.5. The van der Waals surface area contributed by atoms with Gasteiger partial charge in [0.25, 0.3) is 0 Å². The number of ether oxygens (including phenoxy) is 2. The first-order chi connectivity index (χ1) is 13.4. The first-order valence-electron chi connectivity index (χ1n) is 8.52. The molecule has 0 spiro atoms. The van der Waals surface area contributed by atoms with Crippen molar-refractivity contribution in [2.75, 3.05) is 26.0 Å². The lowest BCUT2D eigenvalue weighted by molar-refractivity contribution is -0.142. The molecule has 2 aromatic rings. The highest BCUT2D eigenvalue weighted by Crippen LogP contribution is 2.15. The fourth-order valence-electron chi connectivity index (χ4n) is 2.39. The van der Waals surface area contributed by atoms with E-state index in [1.54, 1.807) is 42.5 Å². The second kappa shape index (κ2) is 10.4. The Morgan fingerprint density at radius 2 is 1.75 bits per heavy atom. The van der Waals surface area contributed by atoms with Gasteiger partial charge in [0.15, 0.2) is 5.78 Å². The fraction of sp³-hybridized carbons (Fsp3) is 0.250. The Kier molecular flexibility index (Phi) is 7.98. The van der Waals surface area contributed by atoms with Gasteiger partial charge >= 0.3 is 11.9 Å². The Labute approximate surface area is 167 Å². The van der Waals surface area contributed by atoms with Crippen LogP contribution in [0.3, 0.4) is 0 Å². The van der Waals surface area contributed by atoms with Crippen molar-refractivity contribution < 1.29 is 23.9 Å². The van der Waals surface area contributed by atoms with Gasteiger partial charge < -0.3 is 20.5 Å². The summed E-state index contributed by atoms with van der Waals surface area (Å²) in [6, 6.07) is 11.3. The van der Waals surface area contributed by atoms with Crippen LogP contribution < -0.4 is 11.1 Å². The number of hydrogen-bond donors (Lipinski definition) is 2. The molecule has 0 atom stereocenters. The highest BCUT2D eigenvalue weighted by molar-refractivity contribution is 6.30. The lowest BCUT2D eigenvalue weighted by atomic mass is 10.1. The van der Waals surface area contributed by atoms with E-state index in [1.807, 2.05) is 0 Å². The maximum absolute atomic E-state index is 12.0. The molecule has 0 aromatic heterocycles. The molecule has 2 rings (SSSR count). The minimum atomic E-state index is -0.494. The molecule has 0 aliphatic rings. The third-order valence-electron chi connectivity index (χ3n) is 3.91. The number of hydrogen-bond acceptors (Lipinski definition) is 7. The van der Waals surface area contributed by atoms with Gasteiger partial charge in [-0.25, -0.2) is 4.79 Å². The average molecular weight is 405 g/mol. The monoisotopic (exact) mass is 404 g/mol. The number of ketones is 1. The third-order valence-corrected chi connectivity index (χ3v) is 4.16. The maximum Gasteiger partial charge on any atom is 0.337 e. The van der Waals surface area contributed by atoms with Gasteiger partial charge in [0.2, 0.25) is 0 Å². The van der Waals surface area contributed by atoms with Crippen LogP contribution in [0.15, 0.2) is 42.5 Å². The van der Waals surface area contributed by atoms with Gasteiger partial charge in [0, 0.05) is 29.2 Å². The van der Waals surface area contributed by atoms with Crippen LogP contribution in [0.5, 0.6) is 0 Å². The van der Waals surface area contributed by atoms with Crippen LogP contribution >= 0.6 is 11.6 Å². The van der Waals surface area contributed by atoms with Gasteiger partial charge in [-0.05, 0) is 48.0 Å². The van der Waals surface area contributed by atoms with E-state index in [0.717, 1.165) is 0 Å². The normalized spacial score (nSPS) is 10.4. The molecule has 0 saturated heterocycles. The van der Waals surface area contributed by atoms with E-state index in [4.69, 9.17) is 22.1 Å². The second-order valence-electron chi connectivity index (χ2n) is 5.91. The van der Waals surface area contributed by atoms with Gasteiger partial charge in [-0.1, -0.05) is 11.6 Å². The first-order valence-corrected chi connectivity index (χ1v) is 8.90. The van der Waals surface area contributed by atoms with Crippen molar-refractivity contribution in [3.8, 4) is 0 Å². The van der Waals surface area contributed by atoms with Crippen LogP contribution in [0.4, 0.5) is 5.69 Å². The van der Waals surface area contributed by atoms with Crippen LogP contribution in [0.2, 0.25) is 5.02 Å². The van der Waals surface area contributed by atoms with E-state index in [9.17, 15) is 14.4 Å². The molecule has 0 amide bonds. The van der Waals surface area contributed by atoms with Gasteiger partial charge in [0.05, 0.1) is 25.8 Å². The number of halogens is 1. The Morgan fingerprint density at radius 3 is 2.43 bits per heavy atom. The van der Waals surface area contributed by atoms with Crippen LogP contribution in [0.1, 0.15) is 32.7 Å². The lowest BCUT2D eigenvalue weighted by Gasteiger charge is -2.09. The third kappa shape index (κ3) is 6.37. The average Bonchev–Trinajstić information content (AvgIpc) is 2.69. The van der Waals surface area contributed by atoms with Crippen molar-refractivity contribution in [3.05, 3.63) is 64.2 Å². The largest absolute Gasteiger partial charge is 0.465 e. The summed E-state index contributed by atoms with van der Waals surface area (Å²) in [4.78, 5) is 35.3. The summed E-state index contributed by atoms with van der Waals surface area (Å²) in [7, 11) is 1.30. The predicted octanol–water partition coefficient (Wildman–Crippen LogP) is 2.61. The number of Topliss-reactive ketones (excluding diaryl/α,β-unsaturated/α-hetero) is 1. The number of benzene rings is 2. The topological polar surface area (TPSA) is 108 Å². The van der Waals surface area contributed by atoms with E-state index in [-0.39, 0.29) is 31.9 Å². The van der Waals surface area contributed by atoms with Crippen molar-refractivity contribution in [2.45, 2.75) is 13.0 Å². The molecule has 0 heterocycles. The van der Waals surface area contributed by atoms with E-state index in [0.29, 0.717) is 27.4 Å². The molecular formula is C20H21ClN2O5. The Bertz CT molecular complexity index is 852. The Balaban J connectivity index is 1.73. The number of anilines is 1. The molecule has 3 N–H and O–H groups in total. The first kappa shape index (κ1) is 21.4. The number of carbonyl (C=O) groups excluding carboxylic acids is 3. The van der Waals surface area contributed by atoms with Gasteiger partial charge in [0.1, 0.15) is 0 Å². The van der Waals surface area contributed by atoms with Crippen molar-refractivity contribution in [3.63, 3.8) is 0 Å². The molecular weight excluding hydrogens is 384 g/mol. The number of rotatable bonds is 9. The van der Waals surface area contributed by atoms with Crippen molar-refractivity contribution in [1.29, 1.82) is 0 Å². The molecule has 7 nitrogen and oxygen atoms in total. The van der Waals surface area contributed by atoms with Crippen LogP contribution in [0, 0.1) is 0 Å². The quantitative estimate of drug-likeness (QED) is 0.375. The SMILES string of the molecule is COC(=O)c1ccc(N)c(CNCC(=O)OCCC(=O)c2ccc(Cl)cc2)c1. The Hall–Kier alpha value is -2.90. The number of nitrogens with two attached hydrogens (primary N) is 1. The number of nitrogens with one attached hydrogen (secondary N) is 1. The number of methoxy groups -OCH3 is 1. The standard InChI is InChI=1S/C20H21ClN2O5/c1-27-20(26)14-4-7-17(22)15(10-14)11-23-12-19(25)28-9-8-18(24)13-2-5-16(21)6-3-13/h2-7,10,23H,8-9,11-12,22H2,1H3. The zero-order valence-electron chi connectivity index (χ0n) is 15.4. The maximum atomic E-state index is 12.0. The van der Waals surface area contributed by atoms with Gasteiger partial charge in [-0.3, -0.25) is 9.59 Å². The summed E-state index contributed by atoms with van der Waals surface area (Å²) in [5.41, 5.74) is 7.91. The molecule has 0 radical (unpaired) electrons. The van der Waals surface area contributed by atoms with Crippen LogP contribution in [-0.4, -0.2) is 38.0 Å². The molecule has 8 heteroatoms. The van der Waals surface area contributed by atoms with Gasteiger partial charge in [-0.2, -0.15) is 0 Å². The minimum Gasteiger partial charge on any atom is -0.465 e. The summed E-state index contributed by atoms with van der Waals surface area (Å²) in [6.07, 6.45) is 0.0848. The molecule has 0 aliphatic carbocycles. The molecule has 2 aromatic carbocycles. The summed E-state index contributed by atoms with van der Waals surface area (Å²) < 4.78 is 9.72. The minimum absolute atomic E-state index is 0.0120. The Morgan fingerprint density at radius 1 is 1.07 bits per heavy atom. The highest BCUT2D eigenvalue weighted by Gasteiger charge is 2.10. The lowest BCUT2D eigenvalue weighted by Crippen LogP contribution is -2.25. The molecule has 0 fully saturated rings. The predicted molar refractivity (Wildman–Crippen MR) is 105 cm³/mol. The van der Waals surface area contributed by atoms with Crippen molar-refractivity contribution in [2.24, 2.45) is 0 Å². The van der Waals surface area contributed by atoms with Crippen molar-refractivity contribution >= 4 is 35.0 Å². The summed E-state index contributed by atoms with van der Waals surface area (Å²) in [5.74, 6) is -1.09. The summed E-state index contributed by atoms with van der Waals surface area (Å²) >= 11 is 5.78. The molecule has 148 valence electrons. The smallest absolute Gasteiger partial charge is 0.337 e.